The van der Waals surface area contributed by atoms with Gasteiger partial charge >= 0.3 is 0 Å². The van der Waals surface area contributed by atoms with Gasteiger partial charge in [0.2, 0.25) is 0 Å². The van der Waals surface area contributed by atoms with Crippen LogP contribution in [0.2, 0.25) is 0 Å². The van der Waals surface area contributed by atoms with E-state index in [0.29, 0.717) is 12.1 Å². The maximum absolute atomic E-state index is 4.87. The lowest BCUT2D eigenvalue weighted by atomic mass is 10.1. The van der Waals surface area contributed by atoms with Crippen molar-refractivity contribution in [1.82, 2.24) is 20.1 Å². The first kappa shape index (κ1) is 13.5. The molecule has 0 aliphatic carbocycles. The highest BCUT2D eigenvalue weighted by Gasteiger charge is 2.35. The summed E-state index contributed by atoms with van der Waals surface area (Å²) in [5.74, 6) is 0. The third kappa shape index (κ3) is 2.57. The molecule has 4 heterocycles. The predicted molar refractivity (Wildman–Crippen MR) is 79.7 cm³/mol. The highest BCUT2D eigenvalue weighted by molar-refractivity contribution is 7.11. The van der Waals surface area contributed by atoms with Crippen molar-refractivity contribution in [2.75, 3.05) is 39.3 Å². The number of aromatic nitrogens is 1. The maximum atomic E-state index is 4.87. The van der Waals surface area contributed by atoms with E-state index in [2.05, 4.69) is 35.9 Å². The topological polar surface area (TPSA) is 31.4 Å². The van der Waals surface area contributed by atoms with Crippen LogP contribution >= 0.6 is 11.3 Å². The van der Waals surface area contributed by atoms with Crippen molar-refractivity contribution in [2.24, 2.45) is 0 Å². The van der Waals surface area contributed by atoms with Crippen LogP contribution in [0.4, 0.5) is 0 Å². The van der Waals surface area contributed by atoms with Crippen LogP contribution in [0.5, 0.6) is 0 Å². The van der Waals surface area contributed by atoms with Crippen LogP contribution in [-0.4, -0.2) is 54.1 Å². The minimum atomic E-state index is 0.423. The molecule has 3 saturated heterocycles. The Morgan fingerprint density at radius 3 is 2.68 bits per heavy atom. The van der Waals surface area contributed by atoms with Crippen molar-refractivity contribution in [3.05, 3.63) is 15.6 Å². The first-order valence-corrected chi connectivity index (χ1v) is 8.17. The third-order valence-corrected chi connectivity index (χ3v) is 5.76. The Hall–Kier alpha value is -0.490. The van der Waals surface area contributed by atoms with Gasteiger partial charge in [-0.2, -0.15) is 0 Å². The SMILES string of the molecule is CCNC(C)c1sc(C2CN3CCN2CC3)nc1C. The number of hydrogen-bond acceptors (Lipinski definition) is 5. The van der Waals surface area contributed by atoms with Gasteiger partial charge < -0.3 is 5.32 Å². The fourth-order valence-corrected chi connectivity index (χ4v) is 4.45. The van der Waals surface area contributed by atoms with Crippen LogP contribution in [0, 0.1) is 6.92 Å². The van der Waals surface area contributed by atoms with E-state index >= 15 is 0 Å². The molecule has 0 aromatic carbocycles. The fourth-order valence-electron chi connectivity index (χ4n) is 3.22. The molecule has 19 heavy (non-hydrogen) atoms. The molecule has 2 bridgehead atoms. The van der Waals surface area contributed by atoms with Crippen molar-refractivity contribution < 1.29 is 0 Å². The molecular weight excluding hydrogens is 256 g/mol. The molecule has 5 heteroatoms. The Kier molecular flexibility index (Phi) is 3.89. The molecule has 1 N–H and O–H groups in total. The van der Waals surface area contributed by atoms with Gasteiger partial charge in [-0.05, 0) is 20.4 Å². The molecule has 106 valence electrons. The van der Waals surface area contributed by atoms with Gasteiger partial charge in [-0.25, -0.2) is 4.98 Å². The summed E-state index contributed by atoms with van der Waals surface area (Å²) in [6, 6.07) is 0.959. The Labute approximate surface area is 119 Å². The number of piperazine rings is 3. The molecule has 2 atom stereocenters. The molecule has 2 unspecified atom stereocenters. The Bertz CT molecular complexity index is 437. The first-order chi connectivity index (χ1) is 9.19. The number of nitrogens with one attached hydrogen (secondary N) is 1. The number of nitrogens with zero attached hydrogens (tertiary/aromatic N) is 3. The maximum Gasteiger partial charge on any atom is 0.112 e. The molecular formula is C14H24N4S. The van der Waals surface area contributed by atoms with E-state index in [0.717, 1.165) is 6.54 Å². The Balaban J connectivity index is 1.80. The summed E-state index contributed by atoms with van der Waals surface area (Å²) in [5, 5.41) is 4.82. The van der Waals surface area contributed by atoms with Crippen LogP contribution in [-0.2, 0) is 0 Å². The average Bonchev–Trinajstić information content (AvgIpc) is 2.82. The number of hydrogen-bond donors (Lipinski definition) is 1. The monoisotopic (exact) mass is 280 g/mol. The van der Waals surface area contributed by atoms with E-state index in [4.69, 9.17) is 4.98 Å². The van der Waals surface area contributed by atoms with E-state index in [-0.39, 0.29) is 0 Å². The molecule has 3 aliphatic heterocycles. The predicted octanol–water partition coefficient (Wildman–Crippen LogP) is 1.79. The Morgan fingerprint density at radius 1 is 1.37 bits per heavy atom. The van der Waals surface area contributed by atoms with Crippen LogP contribution in [0.1, 0.15) is 41.5 Å². The van der Waals surface area contributed by atoms with Crippen molar-refractivity contribution in [3.8, 4) is 0 Å². The van der Waals surface area contributed by atoms with Gasteiger partial charge in [-0.3, -0.25) is 9.80 Å². The summed E-state index contributed by atoms with van der Waals surface area (Å²) in [4.78, 5) is 11.5. The second-order valence-corrected chi connectivity index (χ2v) is 6.70. The number of rotatable bonds is 4. The molecule has 4 rings (SSSR count). The third-order valence-electron chi connectivity index (χ3n) is 4.32. The van der Waals surface area contributed by atoms with Gasteiger partial charge in [-0.1, -0.05) is 6.92 Å². The molecule has 0 amide bonds. The quantitative estimate of drug-likeness (QED) is 0.911. The van der Waals surface area contributed by atoms with Gasteiger partial charge in [0.25, 0.3) is 0 Å². The summed E-state index contributed by atoms with van der Waals surface area (Å²) in [7, 11) is 0. The highest BCUT2D eigenvalue weighted by atomic mass is 32.1. The Morgan fingerprint density at radius 2 is 2.11 bits per heavy atom. The largest absolute Gasteiger partial charge is 0.310 e. The molecule has 3 fully saturated rings. The highest BCUT2D eigenvalue weighted by Crippen LogP contribution is 2.34. The minimum Gasteiger partial charge on any atom is -0.310 e. The van der Waals surface area contributed by atoms with Crippen LogP contribution in [0.3, 0.4) is 0 Å². The second kappa shape index (κ2) is 5.48. The average molecular weight is 280 g/mol. The van der Waals surface area contributed by atoms with E-state index in [1.165, 1.54) is 48.3 Å². The van der Waals surface area contributed by atoms with E-state index in [1.54, 1.807) is 0 Å². The number of thiazole rings is 1. The normalized spacial score (nSPS) is 31.6. The molecule has 0 radical (unpaired) electrons. The summed E-state index contributed by atoms with van der Waals surface area (Å²) >= 11 is 1.91. The van der Waals surface area contributed by atoms with Gasteiger partial charge in [0.15, 0.2) is 0 Å². The van der Waals surface area contributed by atoms with Gasteiger partial charge in [0.05, 0.1) is 11.7 Å². The first-order valence-electron chi connectivity index (χ1n) is 7.36. The van der Waals surface area contributed by atoms with Crippen LogP contribution in [0.15, 0.2) is 0 Å². The molecule has 1 aromatic rings. The lowest BCUT2D eigenvalue weighted by Crippen LogP contribution is -2.56. The van der Waals surface area contributed by atoms with Crippen LogP contribution < -0.4 is 5.32 Å². The van der Waals surface area contributed by atoms with Gasteiger partial charge in [0.1, 0.15) is 5.01 Å². The van der Waals surface area contributed by atoms with Gasteiger partial charge in [0, 0.05) is 43.6 Å². The van der Waals surface area contributed by atoms with Crippen molar-refractivity contribution >= 4 is 11.3 Å². The van der Waals surface area contributed by atoms with Crippen LogP contribution in [0.25, 0.3) is 0 Å². The smallest absolute Gasteiger partial charge is 0.112 e. The lowest BCUT2D eigenvalue weighted by Gasteiger charge is -2.46. The molecule has 0 saturated carbocycles. The summed E-state index contributed by atoms with van der Waals surface area (Å²) in [5.41, 5.74) is 1.21. The number of aryl methyl sites for hydroxylation is 1. The van der Waals surface area contributed by atoms with Crippen molar-refractivity contribution in [3.63, 3.8) is 0 Å². The zero-order valence-electron chi connectivity index (χ0n) is 12.1. The molecule has 4 nitrogen and oxygen atoms in total. The fraction of sp³-hybridized carbons (Fsp3) is 0.786. The van der Waals surface area contributed by atoms with Crippen molar-refractivity contribution in [2.45, 2.75) is 32.9 Å². The molecule has 1 aromatic heterocycles. The van der Waals surface area contributed by atoms with Crippen molar-refractivity contribution in [1.29, 1.82) is 0 Å². The summed E-state index contributed by atoms with van der Waals surface area (Å²) in [6.07, 6.45) is 0. The van der Waals surface area contributed by atoms with E-state index in [1.807, 2.05) is 11.3 Å². The molecule has 3 aliphatic rings. The minimum absolute atomic E-state index is 0.423. The summed E-state index contributed by atoms with van der Waals surface area (Å²) < 4.78 is 0. The lowest BCUT2D eigenvalue weighted by molar-refractivity contribution is 0.0122. The zero-order chi connectivity index (χ0) is 13.4. The summed E-state index contributed by atoms with van der Waals surface area (Å²) in [6.45, 7) is 13.6. The zero-order valence-corrected chi connectivity index (χ0v) is 13.0. The molecule has 0 spiro atoms. The van der Waals surface area contributed by atoms with E-state index in [9.17, 15) is 0 Å². The second-order valence-electron chi connectivity index (χ2n) is 5.63. The standard InChI is InChI=1S/C14H24N4S/c1-4-15-10(2)13-11(3)16-14(19-13)12-9-17-5-7-18(12)8-6-17/h10,12,15H,4-9H2,1-3H3. The number of fused-ring (bicyclic) bond motifs is 3. The van der Waals surface area contributed by atoms with E-state index < -0.39 is 0 Å². The van der Waals surface area contributed by atoms with Gasteiger partial charge in [-0.15, -0.1) is 11.3 Å².